The first-order valence-electron chi connectivity index (χ1n) is 10.6. The third-order valence-electron chi connectivity index (χ3n) is 5.12. The van der Waals surface area contributed by atoms with Crippen LogP contribution in [0.25, 0.3) is 6.08 Å². The molecule has 36 heavy (non-hydrogen) atoms. The maximum Gasteiger partial charge on any atom is 0.441 e. The van der Waals surface area contributed by atoms with Gasteiger partial charge in [0.1, 0.15) is 19.0 Å². The third kappa shape index (κ3) is 5.38. The molecule has 4 rings (SSSR count). The lowest BCUT2D eigenvalue weighted by atomic mass is 10.1. The minimum absolute atomic E-state index is 0.200. The number of nitrogens with one attached hydrogen (secondary N) is 1. The number of alkyl halides is 3. The Morgan fingerprint density at radius 1 is 1.06 bits per heavy atom. The number of carbonyl (C=O) groups is 1. The predicted molar refractivity (Wildman–Crippen MR) is 131 cm³/mol. The van der Waals surface area contributed by atoms with E-state index in [0.29, 0.717) is 28.7 Å². The molecule has 0 saturated heterocycles. The number of amidine groups is 2. The van der Waals surface area contributed by atoms with E-state index in [1.807, 2.05) is 32.0 Å². The van der Waals surface area contributed by atoms with Crippen LogP contribution >= 0.6 is 11.8 Å². The standard InChI is InChI=1S/C24H21F3N4O4S/c1-13-4-6-17(14(2)10-13)34-8-9-35-18-7-5-15(12-19(18)33-3)11-16-20(28)31-23(29-21(16)32)36-22(30-31)24(25,26)27/h4-7,10-12,28H,8-9H2,1-3H3/b16-11-,28-20?. The van der Waals surface area contributed by atoms with Gasteiger partial charge in [0, 0.05) is 0 Å². The second-order valence-corrected chi connectivity index (χ2v) is 8.76. The first kappa shape index (κ1) is 25.3. The number of aliphatic imine (C=N–C) groups is 1. The molecule has 0 unspecified atom stereocenters. The number of aryl methyl sites for hydroxylation is 2. The molecule has 8 nitrogen and oxygen atoms in total. The third-order valence-corrected chi connectivity index (χ3v) is 6.08. The van der Waals surface area contributed by atoms with E-state index >= 15 is 0 Å². The Kier molecular flexibility index (Phi) is 7.07. The number of hydrogen-bond donors (Lipinski definition) is 1. The van der Waals surface area contributed by atoms with Crippen molar-refractivity contribution in [3.05, 3.63) is 58.7 Å². The Morgan fingerprint density at radius 2 is 1.75 bits per heavy atom. The highest BCUT2D eigenvalue weighted by atomic mass is 32.2. The summed E-state index contributed by atoms with van der Waals surface area (Å²) in [6.07, 6.45) is -3.36. The molecule has 2 aromatic rings. The van der Waals surface area contributed by atoms with Crippen molar-refractivity contribution < 1.29 is 32.2 Å². The van der Waals surface area contributed by atoms with Gasteiger partial charge in [0.2, 0.25) is 10.2 Å². The van der Waals surface area contributed by atoms with Gasteiger partial charge in [0.15, 0.2) is 17.3 Å². The zero-order valence-electron chi connectivity index (χ0n) is 19.5. The fourth-order valence-corrected chi connectivity index (χ4v) is 4.19. The van der Waals surface area contributed by atoms with E-state index in [9.17, 15) is 18.0 Å². The molecule has 0 saturated carbocycles. The van der Waals surface area contributed by atoms with Gasteiger partial charge in [0.05, 0.1) is 12.7 Å². The summed E-state index contributed by atoms with van der Waals surface area (Å²) >= 11 is 0.200. The van der Waals surface area contributed by atoms with Gasteiger partial charge in [-0.3, -0.25) is 10.2 Å². The SMILES string of the molecule is COc1cc(/C=C2/C(=N)N3N=C(C(F)(F)F)SC3=NC2=O)ccc1OCCOc1ccc(C)cc1C. The summed E-state index contributed by atoms with van der Waals surface area (Å²) in [5.41, 5.74) is 2.43. The number of carbonyl (C=O) groups excluding carboxylic acids is 1. The van der Waals surface area contributed by atoms with Gasteiger partial charge in [-0.2, -0.15) is 28.3 Å². The monoisotopic (exact) mass is 518 g/mol. The molecule has 0 radical (unpaired) electrons. The van der Waals surface area contributed by atoms with E-state index in [4.69, 9.17) is 19.6 Å². The van der Waals surface area contributed by atoms with Crippen molar-refractivity contribution in [2.24, 2.45) is 10.1 Å². The van der Waals surface area contributed by atoms with Crippen molar-refractivity contribution in [2.75, 3.05) is 20.3 Å². The number of hydrogen-bond acceptors (Lipinski definition) is 7. The van der Waals surface area contributed by atoms with Crippen LogP contribution in [-0.2, 0) is 4.79 Å². The Hall–Kier alpha value is -3.80. The van der Waals surface area contributed by atoms with E-state index in [-0.39, 0.29) is 29.1 Å². The number of rotatable bonds is 7. The molecule has 0 atom stereocenters. The number of nitrogens with zero attached hydrogens (tertiary/aromatic N) is 3. The Balaban J connectivity index is 1.45. The molecule has 0 aliphatic carbocycles. The fourth-order valence-electron chi connectivity index (χ4n) is 3.43. The zero-order valence-corrected chi connectivity index (χ0v) is 20.3. The van der Waals surface area contributed by atoms with Crippen molar-refractivity contribution in [1.29, 1.82) is 5.41 Å². The van der Waals surface area contributed by atoms with Crippen molar-refractivity contribution in [1.82, 2.24) is 5.01 Å². The summed E-state index contributed by atoms with van der Waals surface area (Å²) < 4.78 is 55.8. The molecule has 0 bridgehead atoms. The van der Waals surface area contributed by atoms with Crippen LogP contribution in [0.1, 0.15) is 16.7 Å². The van der Waals surface area contributed by atoms with Gasteiger partial charge >= 0.3 is 6.18 Å². The molecule has 2 aliphatic heterocycles. The molecular formula is C24H21F3N4O4S. The predicted octanol–water partition coefficient (Wildman–Crippen LogP) is 4.95. The van der Waals surface area contributed by atoms with Crippen molar-refractivity contribution >= 4 is 39.8 Å². The summed E-state index contributed by atoms with van der Waals surface area (Å²) in [4.78, 5) is 16.1. The number of methoxy groups -OCH3 is 1. The summed E-state index contributed by atoms with van der Waals surface area (Å²) in [5.74, 6) is 0.236. The number of halogens is 3. The summed E-state index contributed by atoms with van der Waals surface area (Å²) in [6.45, 7) is 4.52. The first-order valence-corrected chi connectivity index (χ1v) is 11.5. The lowest BCUT2D eigenvalue weighted by Crippen LogP contribution is -2.35. The van der Waals surface area contributed by atoms with E-state index in [1.54, 1.807) is 18.2 Å². The van der Waals surface area contributed by atoms with Crippen LogP contribution in [-0.4, -0.2) is 53.5 Å². The second-order valence-electron chi connectivity index (χ2n) is 7.80. The van der Waals surface area contributed by atoms with Crippen LogP contribution in [0.2, 0.25) is 0 Å². The highest BCUT2D eigenvalue weighted by Crippen LogP contribution is 2.36. The molecule has 188 valence electrons. The number of benzene rings is 2. The van der Waals surface area contributed by atoms with Gasteiger partial charge in [-0.25, -0.2) is 0 Å². The van der Waals surface area contributed by atoms with Crippen LogP contribution in [0.15, 0.2) is 52.1 Å². The normalized spacial score (nSPS) is 16.6. The maximum atomic E-state index is 13.0. The Morgan fingerprint density at radius 3 is 2.42 bits per heavy atom. The lowest BCUT2D eigenvalue weighted by Gasteiger charge is -2.20. The van der Waals surface area contributed by atoms with Gasteiger partial charge in [0.25, 0.3) is 5.91 Å². The molecule has 12 heteroatoms. The second kappa shape index (κ2) is 10.1. The van der Waals surface area contributed by atoms with Gasteiger partial charge in [-0.15, -0.1) is 0 Å². The summed E-state index contributed by atoms with van der Waals surface area (Å²) in [6, 6.07) is 10.7. The van der Waals surface area contributed by atoms with Crippen LogP contribution < -0.4 is 14.2 Å². The molecule has 0 aromatic heterocycles. The molecule has 1 amide bonds. The molecular weight excluding hydrogens is 497 g/mol. The number of amides is 1. The quantitative estimate of drug-likeness (QED) is 0.412. The fraction of sp³-hybridized carbons (Fsp3) is 0.250. The lowest BCUT2D eigenvalue weighted by molar-refractivity contribution is -0.114. The maximum absolute atomic E-state index is 13.0. The molecule has 2 aromatic carbocycles. The molecule has 0 spiro atoms. The Labute approximate surface area is 208 Å². The van der Waals surface area contributed by atoms with E-state index in [1.165, 1.54) is 13.2 Å². The van der Waals surface area contributed by atoms with Crippen LogP contribution in [0.5, 0.6) is 17.2 Å². The summed E-state index contributed by atoms with van der Waals surface area (Å²) in [7, 11) is 1.45. The summed E-state index contributed by atoms with van der Waals surface area (Å²) in [5, 5.41) is 10.8. The number of hydrazone groups is 1. The highest BCUT2D eigenvalue weighted by molar-refractivity contribution is 8.27. The van der Waals surface area contributed by atoms with Crippen molar-refractivity contribution in [3.8, 4) is 17.2 Å². The van der Waals surface area contributed by atoms with Gasteiger partial charge in [-0.05, 0) is 61.0 Å². The molecule has 2 aliphatic rings. The van der Waals surface area contributed by atoms with Crippen molar-refractivity contribution in [3.63, 3.8) is 0 Å². The van der Waals surface area contributed by atoms with Crippen molar-refractivity contribution in [2.45, 2.75) is 20.0 Å². The minimum atomic E-state index is -4.70. The van der Waals surface area contributed by atoms with Crippen LogP contribution in [0, 0.1) is 19.3 Å². The van der Waals surface area contributed by atoms with Crippen LogP contribution in [0.4, 0.5) is 13.2 Å². The smallest absolute Gasteiger partial charge is 0.441 e. The number of fused-ring (bicyclic) bond motifs is 1. The van der Waals surface area contributed by atoms with E-state index in [2.05, 4.69) is 10.1 Å². The Bertz CT molecular complexity index is 1320. The first-order chi connectivity index (χ1) is 17.1. The topological polar surface area (TPSA) is 96.6 Å². The molecule has 1 N–H and O–H groups in total. The largest absolute Gasteiger partial charge is 0.493 e. The molecule has 0 fully saturated rings. The minimum Gasteiger partial charge on any atom is -0.493 e. The van der Waals surface area contributed by atoms with E-state index in [0.717, 1.165) is 16.9 Å². The average molecular weight is 519 g/mol. The average Bonchev–Trinajstić information content (AvgIpc) is 3.26. The van der Waals surface area contributed by atoms with Crippen LogP contribution in [0.3, 0.4) is 0 Å². The highest BCUT2D eigenvalue weighted by Gasteiger charge is 2.46. The van der Waals surface area contributed by atoms with Gasteiger partial charge < -0.3 is 14.2 Å². The zero-order chi connectivity index (χ0) is 26.0. The number of ether oxygens (including phenoxy) is 3. The molecule has 2 heterocycles. The number of thioether (sulfide) groups is 1. The van der Waals surface area contributed by atoms with Gasteiger partial charge in [-0.1, -0.05) is 23.8 Å². The van der Waals surface area contributed by atoms with E-state index < -0.39 is 23.0 Å².